The van der Waals surface area contributed by atoms with Crippen LogP contribution in [0.3, 0.4) is 0 Å². The third kappa shape index (κ3) is 4.75. The number of nitrogens with one attached hydrogen (secondary N) is 2. The van der Waals surface area contributed by atoms with E-state index in [9.17, 15) is 4.79 Å². The average Bonchev–Trinajstić information content (AvgIpc) is 2.64. The zero-order valence-corrected chi connectivity index (χ0v) is 11.2. The molecule has 6 heteroatoms. The Bertz CT molecular complexity index is 387. The van der Waals surface area contributed by atoms with Crippen LogP contribution in [0.1, 0.15) is 33.6 Å². The normalized spacial score (nSPS) is 11.3. The lowest BCUT2D eigenvalue weighted by Crippen LogP contribution is -2.46. The van der Waals surface area contributed by atoms with Crippen LogP contribution in [0.15, 0.2) is 12.4 Å². The highest BCUT2D eigenvalue weighted by Crippen LogP contribution is 2.09. The molecule has 102 valence electrons. The van der Waals surface area contributed by atoms with Gasteiger partial charge in [-0.1, -0.05) is 6.92 Å². The Morgan fingerprint density at radius 2 is 2.28 bits per heavy atom. The summed E-state index contributed by atoms with van der Waals surface area (Å²) >= 11 is 0. The highest BCUT2D eigenvalue weighted by atomic mass is 16.3. The molecule has 6 nitrogen and oxygen atoms in total. The molecule has 1 rings (SSSR count). The highest BCUT2D eigenvalue weighted by Gasteiger charge is 2.19. The van der Waals surface area contributed by atoms with E-state index in [4.69, 9.17) is 5.11 Å². The van der Waals surface area contributed by atoms with Crippen LogP contribution in [0, 0.1) is 0 Å². The van der Waals surface area contributed by atoms with Gasteiger partial charge in [-0.25, -0.2) is 4.79 Å². The summed E-state index contributed by atoms with van der Waals surface area (Å²) in [5.41, 5.74) is 0.235. The predicted octanol–water partition coefficient (Wildman–Crippen LogP) is 1.58. The smallest absolute Gasteiger partial charge is 0.319 e. The maximum atomic E-state index is 11.7. The first-order valence-electron chi connectivity index (χ1n) is 6.19. The van der Waals surface area contributed by atoms with Gasteiger partial charge in [0.1, 0.15) is 0 Å². The third-order valence-electron chi connectivity index (χ3n) is 2.53. The minimum atomic E-state index is -0.432. The van der Waals surface area contributed by atoms with E-state index in [0.29, 0.717) is 12.1 Å². The van der Waals surface area contributed by atoms with Crippen LogP contribution in [0.25, 0.3) is 0 Å². The molecule has 0 aliphatic heterocycles. The van der Waals surface area contributed by atoms with Crippen LogP contribution in [0.4, 0.5) is 10.5 Å². The molecule has 0 atom stereocenters. The van der Waals surface area contributed by atoms with Crippen molar-refractivity contribution in [2.45, 2.75) is 45.7 Å². The van der Waals surface area contributed by atoms with Crippen molar-refractivity contribution in [3.05, 3.63) is 12.4 Å². The SMILES string of the molecule is CCCn1cc(NC(=O)NC(C)(C)CCO)cn1. The van der Waals surface area contributed by atoms with Crippen molar-refractivity contribution in [3.8, 4) is 0 Å². The van der Waals surface area contributed by atoms with Crippen molar-refractivity contribution >= 4 is 11.7 Å². The van der Waals surface area contributed by atoms with Gasteiger partial charge in [0.2, 0.25) is 0 Å². The van der Waals surface area contributed by atoms with Crippen LogP contribution in [0.2, 0.25) is 0 Å². The van der Waals surface area contributed by atoms with Gasteiger partial charge in [0.15, 0.2) is 0 Å². The number of amides is 2. The standard InChI is InChI=1S/C12H22N4O2/c1-4-6-16-9-10(8-13-16)14-11(18)15-12(2,3)5-7-17/h8-9,17H,4-7H2,1-3H3,(H2,14,15,18). The molecule has 1 heterocycles. The lowest BCUT2D eigenvalue weighted by molar-refractivity contribution is 0.218. The van der Waals surface area contributed by atoms with Crippen LogP contribution < -0.4 is 10.6 Å². The summed E-state index contributed by atoms with van der Waals surface area (Å²) in [5, 5.41) is 18.5. The van der Waals surface area contributed by atoms with Gasteiger partial charge in [0.25, 0.3) is 0 Å². The van der Waals surface area contributed by atoms with Gasteiger partial charge in [-0.2, -0.15) is 5.10 Å². The van der Waals surface area contributed by atoms with E-state index in [-0.39, 0.29) is 12.6 Å². The third-order valence-corrected chi connectivity index (χ3v) is 2.53. The van der Waals surface area contributed by atoms with Crippen molar-refractivity contribution < 1.29 is 9.90 Å². The Morgan fingerprint density at radius 1 is 1.56 bits per heavy atom. The number of urea groups is 1. The molecule has 0 fully saturated rings. The maximum absolute atomic E-state index is 11.7. The first-order chi connectivity index (χ1) is 8.46. The number of aromatic nitrogens is 2. The molecule has 0 aliphatic rings. The minimum absolute atomic E-state index is 0.0434. The summed E-state index contributed by atoms with van der Waals surface area (Å²) in [4.78, 5) is 11.7. The molecule has 0 radical (unpaired) electrons. The zero-order chi connectivity index (χ0) is 13.6. The van der Waals surface area contributed by atoms with Gasteiger partial charge in [-0.15, -0.1) is 0 Å². The number of hydrogen-bond acceptors (Lipinski definition) is 3. The monoisotopic (exact) mass is 254 g/mol. The average molecular weight is 254 g/mol. The highest BCUT2D eigenvalue weighted by molar-refractivity contribution is 5.89. The Kier molecular flexibility index (Phi) is 5.15. The summed E-state index contributed by atoms with van der Waals surface area (Å²) < 4.78 is 1.79. The zero-order valence-electron chi connectivity index (χ0n) is 11.2. The molecule has 0 aliphatic carbocycles. The molecule has 0 unspecified atom stereocenters. The van der Waals surface area contributed by atoms with E-state index < -0.39 is 5.54 Å². The predicted molar refractivity (Wildman–Crippen MR) is 70.5 cm³/mol. The molecule has 0 spiro atoms. The summed E-state index contributed by atoms with van der Waals surface area (Å²) in [5.74, 6) is 0. The Labute approximate surface area is 107 Å². The number of hydrogen-bond donors (Lipinski definition) is 3. The molecule has 0 saturated carbocycles. The minimum Gasteiger partial charge on any atom is -0.396 e. The van der Waals surface area contributed by atoms with E-state index in [1.54, 1.807) is 17.1 Å². The van der Waals surface area contributed by atoms with E-state index >= 15 is 0 Å². The van der Waals surface area contributed by atoms with Crippen molar-refractivity contribution in [1.29, 1.82) is 0 Å². The number of carbonyl (C=O) groups excluding carboxylic acids is 1. The van der Waals surface area contributed by atoms with Gasteiger partial charge in [0.05, 0.1) is 11.9 Å². The van der Waals surface area contributed by atoms with Crippen LogP contribution >= 0.6 is 0 Å². The van der Waals surface area contributed by atoms with Gasteiger partial charge in [-0.05, 0) is 26.7 Å². The molecule has 1 aromatic rings. The summed E-state index contributed by atoms with van der Waals surface area (Å²) in [7, 11) is 0. The second-order valence-corrected chi connectivity index (χ2v) is 4.93. The number of carbonyl (C=O) groups is 1. The molecular weight excluding hydrogens is 232 g/mol. The number of nitrogens with zero attached hydrogens (tertiary/aromatic N) is 2. The topological polar surface area (TPSA) is 79.2 Å². The van der Waals surface area contributed by atoms with E-state index in [1.807, 2.05) is 13.8 Å². The fraction of sp³-hybridized carbons (Fsp3) is 0.667. The van der Waals surface area contributed by atoms with Crippen LogP contribution in [-0.2, 0) is 6.54 Å². The first kappa shape index (κ1) is 14.5. The molecule has 3 N–H and O–H groups in total. The Hall–Kier alpha value is -1.56. The summed E-state index contributed by atoms with van der Waals surface area (Å²) in [6, 6.07) is -0.288. The van der Waals surface area contributed by atoms with Crippen LogP contribution in [-0.4, -0.2) is 33.1 Å². The molecule has 1 aromatic heterocycles. The number of anilines is 1. The van der Waals surface area contributed by atoms with E-state index in [2.05, 4.69) is 22.7 Å². The molecule has 2 amide bonds. The molecule has 18 heavy (non-hydrogen) atoms. The number of rotatable bonds is 6. The molecule has 0 aromatic carbocycles. The fourth-order valence-corrected chi connectivity index (χ4v) is 1.59. The number of aliphatic hydroxyl groups is 1. The first-order valence-corrected chi connectivity index (χ1v) is 6.19. The van der Waals surface area contributed by atoms with Crippen molar-refractivity contribution in [1.82, 2.24) is 15.1 Å². The van der Waals surface area contributed by atoms with Crippen molar-refractivity contribution in [2.75, 3.05) is 11.9 Å². The number of aryl methyl sites for hydroxylation is 1. The van der Waals surface area contributed by atoms with E-state index in [1.165, 1.54) is 0 Å². The van der Waals surface area contributed by atoms with E-state index in [0.717, 1.165) is 13.0 Å². The second-order valence-electron chi connectivity index (χ2n) is 4.93. The van der Waals surface area contributed by atoms with Gasteiger partial charge < -0.3 is 15.7 Å². The summed E-state index contributed by atoms with van der Waals surface area (Å²) in [6.07, 6.45) is 4.92. The van der Waals surface area contributed by atoms with Crippen LogP contribution in [0.5, 0.6) is 0 Å². The maximum Gasteiger partial charge on any atom is 0.319 e. The molecule has 0 bridgehead atoms. The largest absolute Gasteiger partial charge is 0.396 e. The molecular formula is C12H22N4O2. The summed E-state index contributed by atoms with van der Waals surface area (Å²) in [6.45, 7) is 6.67. The van der Waals surface area contributed by atoms with Gasteiger partial charge >= 0.3 is 6.03 Å². The lowest BCUT2D eigenvalue weighted by Gasteiger charge is -2.25. The second kappa shape index (κ2) is 6.39. The lowest BCUT2D eigenvalue weighted by atomic mass is 10.0. The van der Waals surface area contributed by atoms with Crippen molar-refractivity contribution in [3.63, 3.8) is 0 Å². The van der Waals surface area contributed by atoms with Gasteiger partial charge in [0, 0.05) is 24.9 Å². The Balaban J connectivity index is 2.48. The van der Waals surface area contributed by atoms with Crippen molar-refractivity contribution in [2.24, 2.45) is 0 Å². The Morgan fingerprint density at radius 3 is 2.89 bits per heavy atom. The fourth-order valence-electron chi connectivity index (χ4n) is 1.59. The molecule has 0 saturated heterocycles. The number of aliphatic hydroxyl groups excluding tert-OH is 1. The van der Waals surface area contributed by atoms with Gasteiger partial charge in [-0.3, -0.25) is 4.68 Å². The quantitative estimate of drug-likeness (QED) is 0.721.